The molecule has 1 fully saturated rings. The van der Waals surface area contributed by atoms with Crippen molar-refractivity contribution in [3.05, 3.63) is 95.8 Å². The predicted molar refractivity (Wildman–Crippen MR) is 138 cm³/mol. The average molecular weight is 532 g/mol. The Hall–Kier alpha value is -4.54. The van der Waals surface area contributed by atoms with Crippen LogP contribution in [-0.2, 0) is 22.7 Å². The minimum Gasteiger partial charge on any atom is -0.351 e. The van der Waals surface area contributed by atoms with Crippen LogP contribution in [0.5, 0.6) is 0 Å². The lowest BCUT2D eigenvalue weighted by molar-refractivity contribution is -0.142. The molecule has 2 aromatic carbocycles. The van der Waals surface area contributed by atoms with Crippen molar-refractivity contribution in [1.29, 1.82) is 0 Å². The fourth-order valence-electron chi connectivity index (χ4n) is 4.74. The van der Waals surface area contributed by atoms with Crippen LogP contribution in [0.15, 0.2) is 73.1 Å². The van der Waals surface area contributed by atoms with Gasteiger partial charge in [0, 0.05) is 36.1 Å². The standard InChI is InChI=1S/C28H27F2N7O2/c29-22-11-9-20(10-12-22)27-33-35-37(34-27)18-25(38)36(17-21-5-1-4-8-24(21)30)26(19-13-15-31-16-14-19)28(39)32-23-6-2-3-7-23/h1,4-5,8-16,23,26H,2-3,6-7,17-18H2,(H,32,39)/t26-/m0/s1. The van der Waals surface area contributed by atoms with E-state index in [1.165, 1.54) is 35.2 Å². The van der Waals surface area contributed by atoms with Gasteiger partial charge in [0.15, 0.2) is 0 Å². The van der Waals surface area contributed by atoms with Crippen molar-refractivity contribution in [2.75, 3.05) is 0 Å². The van der Waals surface area contributed by atoms with Crippen molar-refractivity contribution < 1.29 is 18.4 Å². The van der Waals surface area contributed by atoms with E-state index in [0.29, 0.717) is 11.1 Å². The van der Waals surface area contributed by atoms with Crippen LogP contribution in [-0.4, -0.2) is 47.9 Å². The minimum absolute atomic E-state index is 0.0162. The molecule has 2 heterocycles. The summed E-state index contributed by atoms with van der Waals surface area (Å²) in [6.45, 7) is -0.503. The van der Waals surface area contributed by atoms with Crippen LogP contribution < -0.4 is 5.32 Å². The van der Waals surface area contributed by atoms with Gasteiger partial charge in [0.1, 0.15) is 24.2 Å². The lowest BCUT2D eigenvalue weighted by Crippen LogP contribution is -2.47. The van der Waals surface area contributed by atoms with Gasteiger partial charge in [-0.2, -0.15) is 4.80 Å². The maximum absolute atomic E-state index is 14.7. The molecule has 0 bridgehead atoms. The molecule has 0 aliphatic heterocycles. The van der Waals surface area contributed by atoms with Gasteiger partial charge in [0.05, 0.1) is 0 Å². The van der Waals surface area contributed by atoms with E-state index in [4.69, 9.17) is 0 Å². The third-order valence-electron chi connectivity index (χ3n) is 6.73. The molecule has 2 amide bonds. The van der Waals surface area contributed by atoms with Crippen LogP contribution in [0.25, 0.3) is 11.4 Å². The number of hydrogen-bond acceptors (Lipinski definition) is 6. The second-order valence-corrected chi connectivity index (χ2v) is 9.44. The Balaban J connectivity index is 1.46. The summed E-state index contributed by atoms with van der Waals surface area (Å²) in [6, 6.07) is 14.0. The number of halogens is 2. The van der Waals surface area contributed by atoms with Crippen molar-refractivity contribution in [3.8, 4) is 11.4 Å². The first kappa shape index (κ1) is 26.1. The number of benzene rings is 2. The third kappa shape index (κ3) is 6.31. The van der Waals surface area contributed by atoms with Crippen LogP contribution >= 0.6 is 0 Å². The van der Waals surface area contributed by atoms with Crippen molar-refractivity contribution in [3.63, 3.8) is 0 Å². The summed E-state index contributed by atoms with van der Waals surface area (Å²) in [5.74, 6) is -1.53. The molecule has 1 aliphatic rings. The number of hydrogen-bond donors (Lipinski definition) is 1. The summed E-state index contributed by atoms with van der Waals surface area (Å²) < 4.78 is 28.0. The van der Waals surface area contributed by atoms with Gasteiger partial charge in [-0.1, -0.05) is 31.0 Å². The van der Waals surface area contributed by atoms with Gasteiger partial charge in [-0.25, -0.2) is 8.78 Å². The van der Waals surface area contributed by atoms with Gasteiger partial charge in [0.25, 0.3) is 0 Å². The Bertz CT molecular complexity index is 1420. The Kier molecular flexibility index (Phi) is 7.95. The fraction of sp³-hybridized carbons (Fsp3) is 0.286. The summed E-state index contributed by atoms with van der Waals surface area (Å²) in [6.07, 6.45) is 6.88. The largest absolute Gasteiger partial charge is 0.351 e. The molecule has 1 aliphatic carbocycles. The molecule has 0 saturated heterocycles. The molecule has 1 atom stereocenters. The molecule has 0 unspecified atom stereocenters. The maximum atomic E-state index is 14.7. The number of nitrogens with zero attached hydrogens (tertiary/aromatic N) is 6. The molecule has 11 heteroatoms. The number of carbonyl (C=O) groups excluding carboxylic acids is 2. The minimum atomic E-state index is -1.04. The molecule has 0 spiro atoms. The molecule has 39 heavy (non-hydrogen) atoms. The second kappa shape index (κ2) is 11.9. The summed E-state index contributed by atoms with van der Waals surface area (Å²) in [4.78, 5) is 34.0. The molecule has 1 saturated carbocycles. The van der Waals surface area contributed by atoms with Crippen LogP contribution in [0, 0.1) is 11.6 Å². The van der Waals surface area contributed by atoms with Gasteiger partial charge in [-0.15, -0.1) is 10.2 Å². The molecule has 200 valence electrons. The fourth-order valence-corrected chi connectivity index (χ4v) is 4.74. The Morgan fingerprint density at radius 3 is 2.44 bits per heavy atom. The van der Waals surface area contributed by atoms with E-state index in [-0.39, 0.29) is 36.4 Å². The van der Waals surface area contributed by atoms with Gasteiger partial charge in [-0.05, 0) is 66.1 Å². The summed E-state index contributed by atoms with van der Waals surface area (Å²) in [5.41, 5.74) is 1.34. The SMILES string of the molecule is O=C(NC1CCCC1)[C@H](c1ccncc1)N(Cc1ccccc1F)C(=O)Cn1nnc(-c2ccc(F)cc2)n1. The predicted octanol–water partition coefficient (Wildman–Crippen LogP) is 3.84. The van der Waals surface area contributed by atoms with E-state index >= 15 is 0 Å². The summed E-state index contributed by atoms with van der Waals surface area (Å²) in [5, 5.41) is 15.3. The van der Waals surface area contributed by atoms with E-state index < -0.39 is 23.6 Å². The first-order chi connectivity index (χ1) is 19.0. The summed E-state index contributed by atoms with van der Waals surface area (Å²) in [7, 11) is 0. The highest BCUT2D eigenvalue weighted by Crippen LogP contribution is 2.27. The van der Waals surface area contributed by atoms with Crippen LogP contribution in [0.3, 0.4) is 0 Å². The number of carbonyl (C=O) groups is 2. The van der Waals surface area contributed by atoms with Crippen molar-refractivity contribution in [2.45, 2.75) is 50.9 Å². The van der Waals surface area contributed by atoms with Crippen LogP contribution in [0.4, 0.5) is 8.78 Å². The molecule has 4 aromatic rings. The number of nitrogens with one attached hydrogen (secondary N) is 1. The molecular formula is C28H27F2N7O2. The molecule has 1 N–H and O–H groups in total. The zero-order valence-electron chi connectivity index (χ0n) is 21.1. The molecule has 2 aromatic heterocycles. The average Bonchev–Trinajstić information content (AvgIpc) is 3.63. The third-order valence-corrected chi connectivity index (χ3v) is 6.73. The number of rotatable bonds is 9. The van der Waals surface area contributed by atoms with Crippen molar-refractivity contribution in [2.24, 2.45) is 0 Å². The first-order valence-electron chi connectivity index (χ1n) is 12.7. The smallest absolute Gasteiger partial charge is 0.247 e. The molecule has 0 radical (unpaired) electrons. The zero-order valence-corrected chi connectivity index (χ0v) is 21.1. The lowest BCUT2D eigenvalue weighted by atomic mass is 10.0. The van der Waals surface area contributed by atoms with Crippen LogP contribution in [0.1, 0.15) is 42.9 Å². The van der Waals surface area contributed by atoms with E-state index in [1.807, 2.05) is 0 Å². The number of aromatic nitrogens is 5. The quantitative estimate of drug-likeness (QED) is 0.352. The van der Waals surface area contributed by atoms with Gasteiger partial charge in [0.2, 0.25) is 17.6 Å². The Morgan fingerprint density at radius 1 is 1.00 bits per heavy atom. The van der Waals surface area contributed by atoms with E-state index in [0.717, 1.165) is 30.5 Å². The number of amides is 2. The number of tetrazole rings is 1. The highest BCUT2D eigenvalue weighted by atomic mass is 19.1. The molecule has 5 rings (SSSR count). The van der Waals surface area contributed by atoms with Crippen molar-refractivity contribution >= 4 is 11.8 Å². The maximum Gasteiger partial charge on any atom is 0.247 e. The lowest BCUT2D eigenvalue weighted by Gasteiger charge is -2.32. The second-order valence-electron chi connectivity index (χ2n) is 9.44. The van der Waals surface area contributed by atoms with E-state index in [1.54, 1.807) is 42.7 Å². The molecular weight excluding hydrogens is 504 g/mol. The van der Waals surface area contributed by atoms with Gasteiger partial charge in [-0.3, -0.25) is 14.6 Å². The topological polar surface area (TPSA) is 106 Å². The zero-order chi connectivity index (χ0) is 27.2. The van der Waals surface area contributed by atoms with Gasteiger partial charge < -0.3 is 10.2 Å². The van der Waals surface area contributed by atoms with Gasteiger partial charge >= 0.3 is 0 Å². The highest BCUT2D eigenvalue weighted by molar-refractivity contribution is 5.88. The Morgan fingerprint density at radius 2 is 1.72 bits per heavy atom. The highest BCUT2D eigenvalue weighted by Gasteiger charge is 2.34. The van der Waals surface area contributed by atoms with Crippen molar-refractivity contribution in [1.82, 2.24) is 35.4 Å². The number of pyridine rings is 1. The van der Waals surface area contributed by atoms with Crippen LogP contribution in [0.2, 0.25) is 0 Å². The molecule has 9 nitrogen and oxygen atoms in total. The summed E-state index contributed by atoms with van der Waals surface area (Å²) >= 11 is 0. The monoisotopic (exact) mass is 531 g/mol. The normalized spacial score (nSPS) is 14.2. The Labute approximate surface area is 223 Å². The van der Waals surface area contributed by atoms with E-state index in [2.05, 4.69) is 25.7 Å². The first-order valence-corrected chi connectivity index (χ1v) is 12.7. The van der Waals surface area contributed by atoms with E-state index in [9.17, 15) is 18.4 Å².